The van der Waals surface area contributed by atoms with E-state index in [1.807, 2.05) is 24.0 Å². The smallest absolute Gasteiger partial charge is 0.110 e. The topological polar surface area (TPSA) is 61.7 Å². The summed E-state index contributed by atoms with van der Waals surface area (Å²) in [5.41, 5.74) is 7.84. The Morgan fingerprint density at radius 2 is 2.24 bits per heavy atom. The van der Waals surface area contributed by atoms with Crippen molar-refractivity contribution in [1.82, 2.24) is 19.3 Å². The van der Waals surface area contributed by atoms with Gasteiger partial charge in [0.25, 0.3) is 0 Å². The van der Waals surface area contributed by atoms with Gasteiger partial charge in [0.05, 0.1) is 17.9 Å². The lowest BCUT2D eigenvalue weighted by atomic mass is 10.3. The standard InChI is InChI=1S/C12H19N5/c1-3-17-11(8-10(2)15-17)9-16-7-6-14-12(16)4-5-13/h6-8H,3-5,9,13H2,1-2H3. The molecule has 0 aliphatic rings. The first-order chi connectivity index (χ1) is 8.24. The van der Waals surface area contributed by atoms with Crippen molar-refractivity contribution in [2.75, 3.05) is 6.54 Å². The maximum Gasteiger partial charge on any atom is 0.110 e. The van der Waals surface area contributed by atoms with Gasteiger partial charge in [0.15, 0.2) is 0 Å². The molecule has 0 unspecified atom stereocenters. The quantitative estimate of drug-likeness (QED) is 0.836. The highest BCUT2D eigenvalue weighted by Crippen LogP contribution is 2.08. The summed E-state index contributed by atoms with van der Waals surface area (Å²) < 4.78 is 4.16. The third-order valence-corrected chi connectivity index (χ3v) is 2.79. The van der Waals surface area contributed by atoms with Crippen LogP contribution >= 0.6 is 0 Å². The van der Waals surface area contributed by atoms with Gasteiger partial charge in [0.1, 0.15) is 5.82 Å². The Morgan fingerprint density at radius 1 is 1.41 bits per heavy atom. The molecule has 0 saturated heterocycles. The van der Waals surface area contributed by atoms with Gasteiger partial charge in [0.2, 0.25) is 0 Å². The fourth-order valence-corrected chi connectivity index (χ4v) is 2.02. The van der Waals surface area contributed by atoms with Crippen LogP contribution in [0.4, 0.5) is 0 Å². The van der Waals surface area contributed by atoms with E-state index in [2.05, 4.69) is 27.6 Å². The maximum atomic E-state index is 5.57. The summed E-state index contributed by atoms with van der Waals surface area (Å²) in [6, 6.07) is 2.12. The number of hydrogen-bond donors (Lipinski definition) is 1. The number of rotatable bonds is 5. The molecule has 2 aromatic heterocycles. The number of hydrogen-bond acceptors (Lipinski definition) is 3. The highest BCUT2D eigenvalue weighted by atomic mass is 15.3. The largest absolute Gasteiger partial charge is 0.330 e. The molecule has 0 bridgehead atoms. The Balaban J connectivity index is 2.21. The molecule has 0 radical (unpaired) electrons. The zero-order chi connectivity index (χ0) is 12.3. The van der Waals surface area contributed by atoms with Crippen LogP contribution in [0.25, 0.3) is 0 Å². The van der Waals surface area contributed by atoms with Crippen LogP contribution in [-0.2, 0) is 19.5 Å². The second-order valence-corrected chi connectivity index (χ2v) is 4.10. The highest BCUT2D eigenvalue weighted by molar-refractivity contribution is 5.10. The third-order valence-electron chi connectivity index (χ3n) is 2.79. The predicted octanol–water partition coefficient (Wildman–Crippen LogP) is 0.957. The summed E-state index contributed by atoms with van der Waals surface area (Å²) in [5, 5.41) is 4.44. The van der Waals surface area contributed by atoms with Gasteiger partial charge in [0, 0.05) is 25.4 Å². The minimum Gasteiger partial charge on any atom is -0.330 e. The van der Waals surface area contributed by atoms with E-state index in [-0.39, 0.29) is 0 Å². The first-order valence-electron chi connectivity index (χ1n) is 5.98. The van der Waals surface area contributed by atoms with Crippen LogP contribution < -0.4 is 5.73 Å². The Labute approximate surface area is 101 Å². The Bertz CT molecular complexity index is 483. The van der Waals surface area contributed by atoms with Crippen molar-refractivity contribution in [1.29, 1.82) is 0 Å². The molecule has 2 N–H and O–H groups in total. The number of nitrogens with two attached hydrogens (primary N) is 1. The van der Waals surface area contributed by atoms with Gasteiger partial charge in [-0.05, 0) is 26.5 Å². The van der Waals surface area contributed by atoms with E-state index < -0.39 is 0 Å². The number of imidazole rings is 1. The van der Waals surface area contributed by atoms with Gasteiger partial charge in [-0.3, -0.25) is 4.68 Å². The molecule has 0 atom stereocenters. The van der Waals surface area contributed by atoms with E-state index in [9.17, 15) is 0 Å². The molecule has 0 aliphatic carbocycles. The fourth-order valence-electron chi connectivity index (χ4n) is 2.02. The summed E-state index contributed by atoms with van der Waals surface area (Å²) in [6.07, 6.45) is 4.63. The lowest BCUT2D eigenvalue weighted by Crippen LogP contribution is -2.13. The number of aromatic nitrogens is 4. The fraction of sp³-hybridized carbons (Fsp3) is 0.500. The molecule has 2 heterocycles. The summed E-state index contributed by atoms with van der Waals surface area (Å²) in [6.45, 7) is 6.45. The molecule has 5 nitrogen and oxygen atoms in total. The van der Waals surface area contributed by atoms with Crippen LogP contribution in [-0.4, -0.2) is 25.9 Å². The van der Waals surface area contributed by atoms with Crippen molar-refractivity contribution < 1.29 is 0 Å². The molecule has 0 amide bonds. The Hall–Kier alpha value is -1.62. The van der Waals surface area contributed by atoms with Crippen molar-refractivity contribution >= 4 is 0 Å². The molecule has 2 rings (SSSR count). The van der Waals surface area contributed by atoms with Gasteiger partial charge >= 0.3 is 0 Å². The van der Waals surface area contributed by atoms with Crippen LogP contribution in [0.15, 0.2) is 18.5 Å². The molecular formula is C12H19N5. The minimum absolute atomic E-state index is 0.628. The molecular weight excluding hydrogens is 214 g/mol. The second kappa shape index (κ2) is 5.14. The van der Waals surface area contributed by atoms with Gasteiger partial charge in [-0.2, -0.15) is 5.10 Å². The molecule has 0 saturated carbocycles. The summed E-state index contributed by atoms with van der Waals surface area (Å²) in [5.74, 6) is 1.04. The summed E-state index contributed by atoms with van der Waals surface area (Å²) in [4.78, 5) is 4.32. The molecule has 0 fully saturated rings. The van der Waals surface area contributed by atoms with Crippen LogP contribution in [0.3, 0.4) is 0 Å². The monoisotopic (exact) mass is 233 g/mol. The van der Waals surface area contributed by atoms with Gasteiger partial charge < -0.3 is 10.3 Å². The average molecular weight is 233 g/mol. The Morgan fingerprint density at radius 3 is 2.94 bits per heavy atom. The van der Waals surface area contributed by atoms with Crippen molar-refractivity contribution in [3.63, 3.8) is 0 Å². The zero-order valence-corrected chi connectivity index (χ0v) is 10.4. The van der Waals surface area contributed by atoms with Gasteiger partial charge in [-0.1, -0.05) is 0 Å². The zero-order valence-electron chi connectivity index (χ0n) is 10.4. The van der Waals surface area contributed by atoms with Crippen molar-refractivity contribution in [3.8, 4) is 0 Å². The van der Waals surface area contributed by atoms with Gasteiger partial charge in [-0.15, -0.1) is 0 Å². The predicted molar refractivity (Wildman–Crippen MR) is 66.7 cm³/mol. The van der Waals surface area contributed by atoms with E-state index in [0.717, 1.165) is 31.0 Å². The number of nitrogens with zero attached hydrogens (tertiary/aromatic N) is 4. The second-order valence-electron chi connectivity index (χ2n) is 4.10. The van der Waals surface area contributed by atoms with E-state index in [1.54, 1.807) is 0 Å². The van der Waals surface area contributed by atoms with E-state index in [4.69, 9.17) is 5.73 Å². The SMILES string of the molecule is CCn1nc(C)cc1Cn1ccnc1CCN. The van der Waals surface area contributed by atoms with Crippen LogP contribution in [0.1, 0.15) is 24.1 Å². The van der Waals surface area contributed by atoms with Crippen LogP contribution in [0, 0.1) is 6.92 Å². The molecule has 92 valence electrons. The minimum atomic E-state index is 0.628. The van der Waals surface area contributed by atoms with Crippen molar-refractivity contribution in [3.05, 3.63) is 35.7 Å². The maximum absolute atomic E-state index is 5.57. The molecule has 0 aromatic carbocycles. The third kappa shape index (κ3) is 2.55. The van der Waals surface area contributed by atoms with E-state index in [1.165, 1.54) is 5.69 Å². The molecule has 0 aliphatic heterocycles. The normalized spacial score (nSPS) is 11.0. The Kier molecular flexibility index (Phi) is 3.58. The lowest BCUT2D eigenvalue weighted by molar-refractivity contribution is 0.588. The first-order valence-corrected chi connectivity index (χ1v) is 5.98. The van der Waals surface area contributed by atoms with E-state index in [0.29, 0.717) is 6.54 Å². The van der Waals surface area contributed by atoms with Crippen molar-refractivity contribution in [2.24, 2.45) is 5.73 Å². The lowest BCUT2D eigenvalue weighted by Gasteiger charge is -2.08. The molecule has 0 spiro atoms. The van der Waals surface area contributed by atoms with Crippen LogP contribution in [0.5, 0.6) is 0 Å². The van der Waals surface area contributed by atoms with Crippen molar-refractivity contribution in [2.45, 2.75) is 33.4 Å². The molecule has 5 heteroatoms. The summed E-state index contributed by atoms with van der Waals surface area (Å²) >= 11 is 0. The molecule has 17 heavy (non-hydrogen) atoms. The first kappa shape index (κ1) is 11.9. The van der Waals surface area contributed by atoms with Gasteiger partial charge in [-0.25, -0.2) is 4.98 Å². The molecule has 2 aromatic rings. The van der Waals surface area contributed by atoms with Crippen LogP contribution in [0.2, 0.25) is 0 Å². The summed E-state index contributed by atoms with van der Waals surface area (Å²) in [7, 11) is 0. The van der Waals surface area contributed by atoms with E-state index >= 15 is 0 Å². The number of aryl methyl sites for hydroxylation is 2. The highest BCUT2D eigenvalue weighted by Gasteiger charge is 2.07. The average Bonchev–Trinajstić information content (AvgIpc) is 2.87.